The van der Waals surface area contributed by atoms with E-state index in [1.54, 1.807) is 23.2 Å². The lowest BCUT2D eigenvalue weighted by Gasteiger charge is -2.29. The highest BCUT2D eigenvalue weighted by molar-refractivity contribution is 7.89. The van der Waals surface area contributed by atoms with Crippen LogP contribution in [-0.4, -0.2) is 42.7 Å². The Hall–Kier alpha value is -2.39. The Morgan fingerprint density at radius 3 is 2.74 bits per heavy atom. The van der Waals surface area contributed by atoms with Crippen molar-refractivity contribution in [1.82, 2.24) is 19.4 Å². The molecule has 1 aromatic heterocycles. The molecule has 0 radical (unpaired) electrons. The molecule has 2 amide bonds. The van der Waals surface area contributed by atoms with Crippen LogP contribution in [0.25, 0.3) is 0 Å². The fraction of sp³-hybridized carbons (Fsp3) is 0.444. The lowest BCUT2D eigenvalue weighted by atomic mass is 9.87. The first-order valence-electron chi connectivity index (χ1n) is 8.71. The number of carbonyl (C=O) groups excluding carboxylic acids is 1. The molecule has 146 valence electrons. The van der Waals surface area contributed by atoms with Gasteiger partial charge in [0.05, 0.1) is 17.6 Å². The molecule has 9 heteroatoms. The summed E-state index contributed by atoms with van der Waals surface area (Å²) >= 11 is 0. The molecule has 0 spiro atoms. The van der Waals surface area contributed by atoms with E-state index in [-0.39, 0.29) is 16.3 Å². The molecular weight excluding hydrogens is 366 g/mol. The highest BCUT2D eigenvalue weighted by Gasteiger charge is 2.32. The number of benzene rings is 1. The molecule has 2 aromatic rings. The molecule has 1 aliphatic heterocycles. The van der Waals surface area contributed by atoms with Gasteiger partial charge in [-0.1, -0.05) is 19.9 Å². The molecule has 0 aliphatic carbocycles. The summed E-state index contributed by atoms with van der Waals surface area (Å²) in [6.45, 7) is 5.29. The Kier molecular flexibility index (Phi) is 5.00. The van der Waals surface area contributed by atoms with Crippen LogP contribution in [0.2, 0.25) is 0 Å². The van der Waals surface area contributed by atoms with Gasteiger partial charge in [-0.25, -0.2) is 17.9 Å². The third kappa shape index (κ3) is 4.14. The molecule has 0 bridgehead atoms. The Morgan fingerprint density at radius 1 is 1.30 bits per heavy atom. The summed E-state index contributed by atoms with van der Waals surface area (Å²) in [7, 11) is -0.301. The van der Waals surface area contributed by atoms with Crippen LogP contribution in [0.5, 0.6) is 0 Å². The van der Waals surface area contributed by atoms with Gasteiger partial charge >= 0.3 is 6.03 Å². The molecule has 3 rings (SSSR count). The summed E-state index contributed by atoms with van der Waals surface area (Å²) in [5.74, 6) is 0. The summed E-state index contributed by atoms with van der Waals surface area (Å²) in [5, 5.41) is 7.13. The number of sulfonamides is 1. The van der Waals surface area contributed by atoms with Gasteiger partial charge in [0, 0.05) is 30.5 Å². The lowest BCUT2D eigenvalue weighted by Crippen LogP contribution is -2.40. The number of amides is 2. The average molecular weight is 391 g/mol. The quantitative estimate of drug-likeness (QED) is 0.836. The van der Waals surface area contributed by atoms with E-state index < -0.39 is 10.0 Å². The highest BCUT2D eigenvalue weighted by Crippen LogP contribution is 2.30. The smallest absolute Gasteiger partial charge is 0.320 e. The minimum atomic E-state index is -3.57. The standard InChI is InChI=1S/C18H25N5O3S/c1-18(2)9-16-13(10-20-22(16)4)11-23(12-18)17(24)21-14-6-5-7-15(8-14)27(25,26)19-3/h5-8,10,19H,9,11-12H2,1-4H3,(H,21,24). The van der Waals surface area contributed by atoms with Crippen LogP contribution < -0.4 is 10.0 Å². The van der Waals surface area contributed by atoms with E-state index in [2.05, 4.69) is 29.0 Å². The van der Waals surface area contributed by atoms with Crippen molar-refractivity contribution >= 4 is 21.7 Å². The molecule has 0 saturated carbocycles. The van der Waals surface area contributed by atoms with Crippen LogP contribution in [0.1, 0.15) is 25.1 Å². The van der Waals surface area contributed by atoms with Crippen molar-refractivity contribution in [3.05, 3.63) is 41.7 Å². The number of nitrogens with one attached hydrogen (secondary N) is 2. The SMILES string of the molecule is CNS(=O)(=O)c1cccc(NC(=O)N2Cc3cnn(C)c3CC(C)(C)C2)c1. The Bertz CT molecular complexity index is 965. The number of hydrogen-bond acceptors (Lipinski definition) is 4. The van der Waals surface area contributed by atoms with E-state index in [4.69, 9.17) is 0 Å². The largest absolute Gasteiger partial charge is 0.322 e. The Balaban J connectivity index is 1.83. The van der Waals surface area contributed by atoms with Gasteiger partial charge < -0.3 is 10.2 Å². The minimum Gasteiger partial charge on any atom is -0.320 e. The van der Waals surface area contributed by atoms with E-state index >= 15 is 0 Å². The number of anilines is 1. The first-order valence-corrected chi connectivity index (χ1v) is 10.2. The van der Waals surface area contributed by atoms with E-state index in [9.17, 15) is 13.2 Å². The molecule has 1 aromatic carbocycles. The molecule has 0 saturated heterocycles. The molecule has 0 atom stereocenters. The van der Waals surface area contributed by atoms with Gasteiger partial charge in [0.25, 0.3) is 0 Å². The van der Waals surface area contributed by atoms with Crippen LogP contribution >= 0.6 is 0 Å². The molecule has 27 heavy (non-hydrogen) atoms. The normalized spacial score (nSPS) is 16.5. The zero-order valence-corrected chi connectivity index (χ0v) is 16.8. The number of hydrogen-bond donors (Lipinski definition) is 2. The zero-order valence-electron chi connectivity index (χ0n) is 16.0. The highest BCUT2D eigenvalue weighted by atomic mass is 32.2. The van der Waals surface area contributed by atoms with Gasteiger partial charge in [-0.3, -0.25) is 4.68 Å². The summed E-state index contributed by atoms with van der Waals surface area (Å²) in [6, 6.07) is 5.94. The molecule has 8 nitrogen and oxygen atoms in total. The number of fused-ring (bicyclic) bond motifs is 1. The monoisotopic (exact) mass is 391 g/mol. The Labute approximate surface area is 159 Å². The van der Waals surface area contributed by atoms with Crippen LogP contribution in [0.4, 0.5) is 10.5 Å². The fourth-order valence-corrected chi connectivity index (χ4v) is 4.14. The first-order chi connectivity index (χ1) is 12.6. The number of aromatic nitrogens is 2. The van der Waals surface area contributed by atoms with Crippen molar-refractivity contribution < 1.29 is 13.2 Å². The number of carbonyl (C=O) groups is 1. The molecule has 2 heterocycles. The van der Waals surface area contributed by atoms with Crippen LogP contribution in [-0.2, 0) is 30.0 Å². The topological polar surface area (TPSA) is 96.3 Å². The summed E-state index contributed by atoms with van der Waals surface area (Å²) in [4.78, 5) is 14.7. The number of nitrogens with zero attached hydrogens (tertiary/aromatic N) is 3. The van der Waals surface area contributed by atoms with Crippen LogP contribution in [0, 0.1) is 5.41 Å². The van der Waals surface area contributed by atoms with E-state index in [0.29, 0.717) is 18.8 Å². The van der Waals surface area contributed by atoms with E-state index in [1.807, 2.05) is 11.7 Å². The summed E-state index contributed by atoms with van der Waals surface area (Å²) in [6.07, 6.45) is 2.63. The minimum absolute atomic E-state index is 0.103. The van der Waals surface area contributed by atoms with Crippen molar-refractivity contribution in [3.8, 4) is 0 Å². The predicted octanol–water partition coefficient (Wildman–Crippen LogP) is 1.94. The number of rotatable bonds is 3. The predicted molar refractivity (Wildman–Crippen MR) is 103 cm³/mol. The second kappa shape index (κ2) is 6.97. The third-order valence-electron chi connectivity index (χ3n) is 4.73. The van der Waals surface area contributed by atoms with Crippen molar-refractivity contribution in [2.75, 3.05) is 18.9 Å². The maximum absolute atomic E-state index is 12.9. The zero-order chi connectivity index (χ0) is 19.8. The van der Waals surface area contributed by atoms with Crippen molar-refractivity contribution in [3.63, 3.8) is 0 Å². The molecule has 0 unspecified atom stereocenters. The van der Waals surface area contributed by atoms with Gasteiger partial charge in [-0.05, 0) is 37.1 Å². The second-order valence-corrected chi connectivity index (χ2v) is 9.49. The van der Waals surface area contributed by atoms with Crippen molar-refractivity contribution in [2.24, 2.45) is 12.5 Å². The van der Waals surface area contributed by atoms with E-state index in [1.165, 1.54) is 19.2 Å². The fourth-order valence-electron chi connectivity index (χ4n) is 3.36. The molecular formula is C18H25N5O3S. The van der Waals surface area contributed by atoms with Crippen molar-refractivity contribution in [2.45, 2.75) is 31.7 Å². The second-order valence-electron chi connectivity index (χ2n) is 7.60. The summed E-state index contributed by atoms with van der Waals surface area (Å²) < 4.78 is 28.1. The van der Waals surface area contributed by atoms with Gasteiger partial charge in [0.15, 0.2) is 0 Å². The van der Waals surface area contributed by atoms with Gasteiger partial charge in [0.2, 0.25) is 10.0 Å². The number of aryl methyl sites for hydroxylation is 1. The maximum Gasteiger partial charge on any atom is 0.322 e. The van der Waals surface area contributed by atoms with Gasteiger partial charge in [-0.2, -0.15) is 5.10 Å². The van der Waals surface area contributed by atoms with Gasteiger partial charge in [-0.15, -0.1) is 0 Å². The summed E-state index contributed by atoms with van der Waals surface area (Å²) in [5.41, 5.74) is 2.50. The number of urea groups is 1. The van der Waals surface area contributed by atoms with Gasteiger partial charge in [0.1, 0.15) is 0 Å². The maximum atomic E-state index is 12.9. The lowest BCUT2D eigenvalue weighted by molar-refractivity contribution is 0.180. The Morgan fingerprint density at radius 2 is 2.04 bits per heavy atom. The molecule has 2 N–H and O–H groups in total. The first kappa shape index (κ1) is 19.4. The average Bonchev–Trinajstić information content (AvgIpc) is 2.86. The molecule has 0 fully saturated rings. The molecule has 1 aliphatic rings. The van der Waals surface area contributed by atoms with E-state index in [0.717, 1.165) is 17.7 Å². The van der Waals surface area contributed by atoms with Crippen LogP contribution in [0.15, 0.2) is 35.4 Å². The van der Waals surface area contributed by atoms with Crippen molar-refractivity contribution in [1.29, 1.82) is 0 Å². The third-order valence-corrected chi connectivity index (χ3v) is 6.14. The van der Waals surface area contributed by atoms with Crippen LogP contribution in [0.3, 0.4) is 0 Å².